The van der Waals surface area contributed by atoms with Crippen molar-refractivity contribution in [2.75, 3.05) is 5.32 Å². The number of sulfone groups is 1. The van der Waals surface area contributed by atoms with Crippen molar-refractivity contribution in [3.8, 4) is 0 Å². The average molecular weight is 432 g/mol. The molecule has 1 N–H and O–H groups in total. The number of nitrogens with one attached hydrogen (secondary N) is 1. The average Bonchev–Trinajstić information content (AvgIpc) is 2.70. The number of carbonyl (C=O) groups excluding carboxylic acids is 1. The van der Waals surface area contributed by atoms with E-state index in [0.29, 0.717) is 15.7 Å². The number of anilines is 1. The highest BCUT2D eigenvalue weighted by Gasteiger charge is 2.28. The zero-order chi connectivity index (χ0) is 20.1. The summed E-state index contributed by atoms with van der Waals surface area (Å²) in [5.41, 5.74) is 0.808. The van der Waals surface area contributed by atoms with Crippen LogP contribution < -0.4 is 5.32 Å². The van der Waals surface area contributed by atoms with E-state index >= 15 is 0 Å². The third kappa shape index (κ3) is 4.62. The summed E-state index contributed by atoms with van der Waals surface area (Å²) >= 11 is 11.7. The molecule has 0 aliphatic heterocycles. The first kappa shape index (κ1) is 20.1. The van der Waals surface area contributed by atoms with E-state index in [-0.39, 0.29) is 15.4 Å². The molecule has 0 spiro atoms. The molecule has 7 heteroatoms. The van der Waals surface area contributed by atoms with Crippen LogP contribution in [-0.2, 0) is 9.84 Å². The van der Waals surface area contributed by atoms with Gasteiger partial charge in [-0.05, 0) is 60.7 Å². The quantitative estimate of drug-likeness (QED) is 0.407. The smallest absolute Gasteiger partial charge is 0.211 e. The van der Waals surface area contributed by atoms with Gasteiger partial charge in [0.25, 0.3) is 0 Å². The lowest BCUT2D eigenvalue weighted by Gasteiger charge is -2.10. The van der Waals surface area contributed by atoms with Crippen molar-refractivity contribution in [1.29, 1.82) is 0 Å². The zero-order valence-corrected chi connectivity index (χ0v) is 16.8. The molecule has 0 bridgehead atoms. The number of allylic oxidation sites excluding steroid dienone is 1. The molecule has 0 amide bonds. The van der Waals surface area contributed by atoms with Crippen LogP contribution in [0.15, 0.2) is 94.9 Å². The van der Waals surface area contributed by atoms with Crippen LogP contribution in [0.25, 0.3) is 0 Å². The van der Waals surface area contributed by atoms with Gasteiger partial charge >= 0.3 is 0 Å². The Hall–Kier alpha value is -2.60. The summed E-state index contributed by atoms with van der Waals surface area (Å²) in [6, 6.07) is 20.5. The number of halogens is 2. The van der Waals surface area contributed by atoms with E-state index in [2.05, 4.69) is 5.32 Å². The number of Topliss-reactive ketones (excluding diaryl/α,β-unsaturated/α-hetero) is 1. The highest BCUT2D eigenvalue weighted by Crippen LogP contribution is 2.24. The van der Waals surface area contributed by atoms with E-state index in [1.807, 2.05) is 0 Å². The lowest BCUT2D eigenvalue weighted by Crippen LogP contribution is -2.16. The third-order valence-corrected chi connectivity index (χ3v) is 6.17. The first-order valence-corrected chi connectivity index (χ1v) is 10.4. The molecule has 0 fully saturated rings. The molecule has 0 unspecified atom stereocenters. The molecule has 3 rings (SSSR count). The van der Waals surface area contributed by atoms with Gasteiger partial charge in [-0.1, -0.05) is 41.4 Å². The summed E-state index contributed by atoms with van der Waals surface area (Å²) in [6.45, 7) is 0. The number of hydrogen-bond donors (Lipinski definition) is 1. The maximum atomic E-state index is 13.1. The van der Waals surface area contributed by atoms with Crippen LogP contribution >= 0.6 is 23.2 Å². The highest BCUT2D eigenvalue weighted by atomic mass is 35.5. The SMILES string of the molecule is O=C(/C(=C\Nc1ccc(Cl)cc1)S(=O)(=O)c1ccccc1)c1ccc(Cl)cc1. The van der Waals surface area contributed by atoms with E-state index in [9.17, 15) is 13.2 Å². The normalized spacial score (nSPS) is 11.9. The van der Waals surface area contributed by atoms with Gasteiger partial charge < -0.3 is 5.32 Å². The minimum absolute atomic E-state index is 0.0291. The largest absolute Gasteiger partial charge is 0.360 e. The Morgan fingerprint density at radius 3 is 1.89 bits per heavy atom. The van der Waals surface area contributed by atoms with Gasteiger partial charge in [0.05, 0.1) is 4.90 Å². The lowest BCUT2D eigenvalue weighted by molar-refractivity contribution is 0.104. The van der Waals surface area contributed by atoms with Gasteiger partial charge in [-0.15, -0.1) is 0 Å². The maximum Gasteiger partial charge on any atom is 0.211 e. The Labute approximate surface area is 173 Å². The molecule has 0 atom stereocenters. The van der Waals surface area contributed by atoms with Crippen LogP contribution in [0.1, 0.15) is 10.4 Å². The highest BCUT2D eigenvalue weighted by molar-refractivity contribution is 7.96. The van der Waals surface area contributed by atoms with Crippen LogP contribution in [0.5, 0.6) is 0 Å². The minimum Gasteiger partial charge on any atom is -0.360 e. The van der Waals surface area contributed by atoms with Gasteiger partial charge in [-0.2, -0.15) is 0 Å². The molecule has 4 nitrogen and oxygen atoms in total. The van der Waals surface area contributed by atoms with Crippen LogP contribution in [0, 0.1) is 0 Å². The second-order valence-electron chi connectivity index (χ2n) is 5.81. The molecule has 0 saturated heterocycles. The molecule has 28 heavy (non-hydrogen) atoms. The topological polar surface area (TPSA) is 63.2 Å². The molecule has 0 heterocycles. The Kier molecular flexibility index (Phi) is 6.19. The zero-order valence-electron chi connectivity index (χ0n) is 14.5. The second kappa shape index (κ2) is 8.61. The Morgan fingerprint density at radius 1 is 0.786 bits per heavy atom. The number of hydrogen-bond acceptors (Lipinski definition) is 4. The fourth-order valence-electron chi connectivity index (χ4n) is 2.43. The molecule has 0 saturated carbocycles. The molecule has 0 aliphatic rings. The Morgan fingerprint density at radius 2 is 1.32 bits per heavy atom. The first-order valence-electron chi connectivity index (χ1n) is 8.20. The number of carbonyl (C=O) groups is 1. The summed E-state index contributed by atoms with van der Waals surface area (Å²) < 4.78 is 26.2. The minimum atomic E-state index is -4.05. The molecule has 0 aliphatic carbocycles. The van der Waals surface area contributed by atoms with Crippen molar-refractivity contribution in [3.05, 3.63) is 106 Å². The molecule has 0 radical (unpaired) electrons. The lowest BCUT2D eigenvalue weighted by atomic mass is 10.1. The predicted octanol–water partition coefficient (Wildman–Crippen LogP) is 5.60. The van der Waals surface area contributed by atoms with Crippen molar-refractivity contribution in [3.63, 3.8) is 0 Å². The predicted molar refractivity (Wildman–Crippen MR) is 113 cm³/mol. The molecular weight excluding hydrogens is 417 g/mol. The summed E-state index contributed by atoms with van der Waals surface area (Å²) in [6.07, 6.45) is 1.20. The second-order valence-corrected chi connectivity index (χ2v) is 8.60. The van der Waals surface area contributed by atoms with E-state index in [4.69, 9.17) is 23.2 Å². The van der Waals surface area contributed by atoms with Crippen molar-refractivity contribution < 1.29 is 13.2 Å². The summed E-state index contributed by atoms with van der Waals surface area (Å²) in [7, 11) is -4.05. The summed E-state index contributed by atoms with van der Waals surface area (Å²) in [5, 5.41) is 3.86. The van der Waals surface area contributed by atoms with Gasteiger partial charge in [-0.25, -0.2) is 8.42 Å². The first-order chi connectivity index (χ1) is 13.4. The Balaban J connectivity index is 2.05. The van der Waals surface area contributed by atoms with E-state index in [1.165, 1.54) is 42.6 Å². The molecule has 142 valence electrons. The monoisotopic (exact) mass is 431 g/mol. The molecular formula is C21H15Cl2NO3S. The summed E-state index contributed by atoms with van der Waals surface area (Å²) in [4.78, 5) is 12.7. The van der Waals surface area contributed by atoms with Crippen molar-refractivity contribution in [1.82, 2.24) is 0 Å². The standard InChI is InChI=1S/C21H15Cl2NO3S/c22-16-8-6-15(7-9-16)21(25)20(14-24-18-12-10-17(23)11-13-18)28(26,27)19-4-2-1-3-5-19/h1-14,24H/b20-14+. The van der Waals surface area contributed by atoms with E-state index in [0.717, 1.165) is 0 Å². The van der Waals surface area contributed by atoms with Gasteiger partial charge in [0, 0.05) is 27.5 Å². The number of rotatable bonds is 6. The fraction of sp³-hybridized carbons (Fsp3) is 0. The van der Waals surface area contributed by atoms with Crippen LogP contribution in [-0.4, -0.2) is 14.2 Å². The number of benzene rings is 3. The van der Waals surface area contributed by atoms with E-state index in [1.54, 1.807) is 42.5 Å². The third-order valence-electron chi connectivity index (χ3n) is 3.89. The van der Waals surface area contributed by atoms with Crippen molar-refractivity contribution in [2.24, 2.45) is 0 Å². The van der Waals surface area contributed by atoms with Crippen LogP contribution in [0.2, 0.25) is 10.0 Å². The van der Waals surface area contributed by atoms with Crippen LogP contribution in [0.3, 0.4) is 0 Å². The van der Waals surface area contributed by atoms with Crippen molar-refractivity contribution in [2.45, 2.75) is 4.90 Å². The van der Waals surface area contributed by atoms with Gasteiger partial charge in [0.15, 0.2) is 0 Å². The van der Waals surface area contributed by atoms with Gasteiger partial charge in [0.1, 0.15) is 4.91 Å². The number of ketones is 1. The fourth-order valence-corrected chi connectivity index (χ4v) is 4.03. The molecule has 3 aromatic rings. The van der Waals surface area contributed by atoms with Gasteiger partial charge in [-0.3, -0.25) is 4.79 Å². The van der Waals surface area contributed by atoms with Gasteiger partial charge in [0.2, 0.25) is 15.6 Å². The van der Waals surface area contributed by atoms with Crippen LogP contribution in [0.4, 0.5) is 5.69 Å². The summed E-state index contributed by atoms with van der Waals surface area (Å²) in [5.74, 6) is -0.637. The van der Waals surface area contributed by atoms with Crippen molar-refractivity contribution >= 4 is 44.5 Å². The maximum absolute atomic E-state index is 13.1. The molecule has 3 aromatic carbocycles. The van der Waals surface area contributed by atoms with E-state index < -0.39 is 15.6 Å². The Bertz CT molecular complexity index is 1110. The molecule has 0 aromatic heterocycles.